The van der Waals surface area contributed by atoms with E-state index in [1.54, 1.807) is 20.8 Å². The van der Waals surface area contributed by atoms with E-state index in [-0.39, 0.29) is 18.1 Å². The molecule has 0 aliphatic rings. The normalized spacial score (nSPS) is 11.2. The van der Waals surface area contributed by atoms with E-state index >= 15 is 0 Å². The van der Waals surface area contributed by atoms with Gasteiger partial charge in [-0.3, -0.25) is 9.78 Å². The predicted molar refractivity (Wildman–Crippen MR) is 97.2 cm³/mol. The van der Waals surface area contributed by atoms with Gasteiger partial charge in [-0.2, -0.15) is 0 Å². The molecule has 0 saturated heterocycles. The first-order valence-electron chi connectivity index (χ1n) is 7.97. The number of ether oxygens (including phenoxy) is 2. The molecule has 2 aromatic rings. The summed E-state index contributed by atoms with van der Waals surface area (Å²) in [6.07, 6.45) is 0. The largest absolute Gasteiger partial charge is 0.481 e. The molecule has 1 N–H and O–H groups in total. The van der Waals surface area contributed by atoms with E-state index in [1.807, 2.05) is 37.3 Å². The van der Waals surface area contributed by atoms with Crippen molar-refractivity contribution in [3.63, 3.8) is 0 Å². The van der Waals surface area contributed by atoms with Crippen molar-refractivity contribution in [3.05, 3.63) is 51.9 Å². The fourth-order valence-corrected chi connectivity index (χ4v) is 2.57. The number of thioether (sulfide) groups is 1. The SMILES string of the molecule is CCSc1nc(C(=O)OC(C)(C)C)c(OCc2ccccc2)c(=O)[nH]1. The van der Waals surface area contributed by atoms with Gasteiger partial charge in [0, 0.05) is 0 Å². The Morgan fingerprint density at radius 1 is 1.24 bits per heavy atom. The van der Waals surface area contributed by atoms with Crippen molar-refractivity contribution in [2.45, 2.75) is 45.1 Å². The highest BCUT2D eigenvalue weighted by Gasteiger charge is 2.25. The summed E-state index contributed by atoms with van der Waals surface area (Å²) in [6, 6.07) is 9.38. The van der Waals surface area contributed by atoms with Crippen LogP contribution in [-0.2, 0) is 11.3 Å². The maximum absolute atomic E-state index is 12.5. The van der Waals surface area contributed by atoms with Crippen LogP contribution >= 0.6 is 11.8 Å². The number of H-pyrrole nitrogens is 1. The topological polar surface area (TPSA) is 81.3 Å². The van der Waals surface area contributed by atoms with Crippen molar-refractivity contribution < 1.29 is 14.3 Å². The molecule has 6 nitrogen and oxygen atoms in total. The molecule has 0 aliphatic heterocycles. The number of hydrogen-bond donors (Lipinski definition) is 1. The van der Waals surface area contributed by atoms with Gasteiger partial charge in [0.15, 0.2) is 10.9 Å². The zero-order valence-electron chi connectivity index (χ0n) is 14.8. The first-order chi connectivity index (χ1) is 11.8. The third-order valence-electron chi connectivity index (χ3n) is 2.95. The van der Waals surface area contributed by atoms with Crippen molar-refractivity contribution >= 4 is 17.7 Å². The van der Waals surface area contributed by atoms with Crippen LogP contribution in [0, 0.1) is 0 Å². The molecule has 1 aromatic heterocycles. The average Bonchev–Trinajstić information content (AvgIpc) is 2.53. The highest BCUT2D eigenvalue weighted by molar-refractivity contribution is 7.99. The number of hydrogen-bond acceptors (Lipinski definition) is 6. The molecule has 1 aromatic carbocycles. The molecule has 25 heavy (non-hydrogen) atoms. The summed E-state index contributed by atoms with van der Waals surface area (Å²) in [7, 11) is 0. The predicted octanol–water partition coefficient (Wildman–Crippen LogP) is 3.42. The van der Waals surface area contributed by atoms with Crippen LogP contribution in [0.15, 0.2) is 40.3 Å². The van der Waals surface area contributed by atoms with Crippen LogP contribution < -0.4 is 10.3 Å². The van der Waals surface area contributed by atoms with Crippen molar-refractivity contribution in [3.8, 4) is 5.75 Å². The molecule has 0 amide bonds. The van der Waals surface area contributed by atoms with E-state index in [2.05, 4.69) is 9.97 Å². The third-order valence-corrected chi connectivity index (χ3v) is 3.71. The van der Waals surface area contributed by atoms with Crippen LogP contribution in [0.4, 0.5) is 0 Å². The second-order valence-corrected chi connectivity index (χ2v) is 7.51. The quantitative estimate of drug-likeness (QED) is 0.482. The fraction of sp³-hybridized carbons (Fsp3) is 0.389. The van der Waals surface area contributed by atoms with Crippen LogP contribution in [0.1, 0.15) is 43.7 Å². The Morgan fingerprint density at radius 3 is 2.52 bits per heavy atom. The summed E-state index contributed by atoms with van der Waals surface area (Å²) in [4.78, 5) is 31.7. The van der Waals surface area contributed by atoms with Gasteiger partial charge in [0.05, 0.1) is 0 Å². The molecule has 0 saturated carbocycles. The number of carbonyl (C=O) groups is 1. The number of esters is 1. The maximum atomic E-state index is 12.5. The Morgan fingerprint density at radius 2 is 1.92 bits per heavy atom. The Bertz CT molecular complexity index is 782. The minimum atomic E-state index is -0.698. The lowest BCUT2D eigenvalue weighted by molar-refractivity contribution is 0.00566. The monoisotopic (exact) mass is 362 g/mol. The number of aromatic nitrogens is 2. The van der Waals surface area contributed by atoms with Gasteiger partial charge in [0.25, 0.3) is 5.56 Å². The molecule has 134 valence electrons. The highest BCUT2D eigenvalue weighted by atomic mass is 32.2. The average molecular weight is 362 g/mol. The molecule has 0 radical (unpaired) electrons. The van der Waals surface area contributed by atoms with E-state index in [4.69, 9.17) is 9.47 Å². The Kier molecular flexibility index (Phi) is 6.25. The Balaban J connectivity index is 2.35. The highest BCUT2D eigenvalue weighted by Crippen LogP contribution is 2.20. The van der Waals surface area contributed by atoms with Gasteiger partial charge in [-0.05, 0) is 32.1 Å². The standard InChI is InChI=1S/C18H22N2O4S/c1-5-25-17-19-13(16(22)24-18(2,3)4)14(15(21)20-17)23-11-12-9-7-6-8-10-12/h6-10H,5,11H2,1-4H3,(H,19,20,21). The summed E-state index contributed by atoms with van der Waals surface area (Å²) in [5.41, 5.74) is -0.423. The number of nitrogens with one attached hydrogen (secondary N) is 1. The molecule has 0 bridgehead atoms. The van der Waals surface area contributed by atoms with Crippen molar-refractivity contribution in [1.29, 1.82) is 0 Å². The van der Waals surface area contributed by atoms with Crippen LogP contribution in [-0.4, -0.2) is 27.3 Å². The summed E-state index contributed by atoms with van der Waals surface area (Å²) in [6.45, 7) is 7.35. The van der Waals surface area contributed by atoms with Gasteiger partial charge in [0.2, 0.25) is 5.75 Å². The molecule has 0 unspecified atom stereocenters. The van der Waals surface area contributed by atoms with Gasteiger partial charge < -0.3 is 9.47 Å². The smallest absolute Gasteiger partial charge is 0.361 e. The number of carbonyl (C=O) groups excluding carboxylic acids is 1. The van der Waals surface area contributed by atoms with Gasteiger partial charge in [-0.1, -0.05) is 49.0 Å². The molecule has 0 spiro atoms. The Hall–Kier alpha value is -2.28. The van der Waals surface area contributed by atoms with Crippen LogP contribution in [0.3, 0.4) is 0 Å². The zero-order valence-corrected chi connectivity index (χ0v) is 15.6. The number of aromatic amines is 1. The van der Waals surface area contributed by atoms with Gasteiger partial charge in [0.1, 0.15) is 12.2 Å². The molecular formula is C18H22N2O4S. The first-order valence-corrected chi connectivity index (χ1v) is 8.96. The molecule has 1 heterocycles. The van der Waals surface area contributed by atoms with Crippen LogP contribution in [0.5, 0.6) is 5.75 Å². The zero-order chi connectivity index (χ0) is 18.4. The second-order valence-electron chi connectivity index (χ2n) is 6.26. The molecule has 2 rings (SSSR count). The molecule has 0 aliphatic carbocycles. The van der Waals surface area contributed by atoms with E-state index < -0.39 is 17.1 Å². The second kappa shape index (κ2) is 8.20. The van der Waals surface area contributed by atoms with Crippen molar-refractivity contribution in [2.24, 2.45) is 0 Å². The maximum Gasteiger partial charge on any atom is 0.361 e. The van der Waals surface area contributed by atoms with Gasteiger partial charge in [-0.15, -0.1) is 0 Å². The van der Waals surface area contributed by atoms with Gasteiger partial charge >= 0.3 is 5.97 Å². The van der Waals surface area contributed by atoms with E-state index in [1.165, 1.54) is 11.8 Å². The lowest BCUT2D eigenvalue weighted by Gasteiger charge is -2.20. The third kappa shape index (κ3) is 5.63. The minimum Gasteiger partial charge on any atom is -0.481 e. The molecule has 0 fully saturated rings. The summed E-state index contributed by atoms with van der Waals surface area (Å²) in [5.74, 6) is -0.0980. The molecular weight excluding hydrogens is 340 g/mol. The van der Waals surface area contributed by atoms with E-state index in [0.717, 1.165) is 5.56 Å². The number of benzene rings is 1. The molecule has 7 heteroatoms. The molecule has 0 atom stereocenters. The van der Waals surface area contributed by atoms with E-state index in [0.29, 0.717) is 10.9 Å². The summed E-state index contributed by atoms with van der Waals surface area (Å²) in [5, 5.41) is 0.362. The lowest BCUT2D eigenvalue weighted by atomic mass is 10.2. The van der Waals surface area contributed by atoms with Crippen LogP contribution in [0.2, 0.25) is 0 Å². The lowest BCUT2D eigenvalue weighted by Crippen LogP contribution is -2.27. The van der Waals surface area contributed by atoms with Crippen LogP contribution in [0.25, 0.3) is 0 Å². The number of rotatable bonds is 6. The first kappa shape index (κ1) is 19.1. The van der Waals surface area contributed by atoms with E-state index in [9.17, 15) is 9.59 Å². The summed E-state index contributed by atoms with van der Waals surface area (Å²) < 4.78 is 11.0. The minimum absolute atomic E-state index is 0.106. The Labute approximate surface area is 151 Å². The fourth-order valence-electron chi connectivity index (χ4n) is 1.98. The van der Waals surface area contributed by atoms with Gasteiger partial charge in [-0.25, -0.2) is 9.78 Å². The number of nitrogens with zero attached hydrogens (tertiary/aromatic N) is 1. The van der Waals surface area contributed by atoms with Crippen molar-refractivity contribution in [1.82, 2.24) is 9.97 Å². The van der Waals surface area contributed by atoms with Crippen molar-refractivity contribution in [2.75, 3.05) is 5.75 Å². The summed E-state index contributed by atoms with van der Waals surface area (Å²) >= 11 is 1.33.